The molecule has 0 unspecified atom stereocenters. The molecule has 3 aromatic rings. The fourth-order valence-electron chi connectivity index (χ4n) is 4.18. The summed E-state index contributed by atoms with van der Waals surface area (Å²) in [5.41, 5.74) is 1.77. The number of nitrogens with zero attached hydrogens (tertiary/aromatic N) is 3. The zero-order chi connectivity index (χ0) is 27.2. The zero-order valence-corrected chi connectivity index (χ0v) is 22.3. The minimum absolute atomic E-state index is 0.0705. The number of amides is 4. The molecule has 1 aliphatic heterocycles. The Kier molecular flexibility index (Phi) is 8.88. The molecule has 1 saturated heterocycles. The van der Waals surface area contributed by atoms with Crippen LogP contribution in [0.1, 0.15) is 36.5 Å². The monoisotopic (exact) mass is 555 g/mol. The molecule has 0 aliphatic carbocycles. The number of hydrogen-bond donors (Lipinski definition) is 3. The van der Waals surface area contributed by atoms with Crippen LogP contribution in [0.15, 0.2) is 66.7 Å². The van der Waals surface area contributed by atoms with Crippen molar-refractivity contribution in [1.82, 2.24) is 5.01 Å². The maximum atomic E-state index is 13.8. The third kappa shape index (κ3) is 6.45. The topological polar surface area (TPSA) is 85.0 Å². The van der Waals surface area contributed by atoms with Crippen LogP contribution in [0.5, 0.6) is 0 Å². The molecule has 4 amide bonds. The van der Waals surface area contributed by atoms with E-state index in [1.807, 2.05) is 5.01 Å². The first-order valence-electron chi connectivity index (χ1n) is 12.1. The zero-order valence-electron chi connectivity index (χ0n) is 20.7. The predicted octanol–water partition coefficient (Wildman–Crippen LogP) is 6.37. The number of thiol groups is 1. The van der Waals surface area contributed by atoms with Gasteiger partial charge in [-0.25, -0.2) is 23.5 Å². The summed E-state index contributed by atoms with van der Waals surface area (Å²) in [6, 6.07) is 16.4. The molecule has 0 atom stereocenters. The highest BCUT2D eigenvalue weighted by Gasteiger charge is 2.24. The van der Waals surface area contributed by atoms with Gasteiger partial charge in [0, 0.05) is 31.4 Å². The summed E-state index contributed by atoms with van der Waals surface area (Å²) < 4.78 is 14.9. The molecule has 3 aromatic carbocycles. The van der Waals surface area contributed by atoms with Crippen LogP contribution in [-0.4, -0.2) is 35.9 Å². The van der Waals surface area contributed by atoms with E-state index in [-0.39, 0.29) is 11.5 Å². The van der Waals surface area contributed by atoms with E-state index in [4.69, 9.17) is 11.6 Å². The number of carbonyl (C=O) groups is 3. The fourth-order valence-corrected chi connectivity index (χ4v) is 4.62. The predicted molar refractivity (Wildman–Crippen MR) is 151 cm³/mol. The van der Waals surface area contributed by atoms with Crippen LogP contribution in [0.3, 0.4) is 0 Å². The molecule has 8 nitrogen and oxygen atoms in total. The number of anilines is 4. The molecule has 0 saturated carbocycles. The smallest absolute Gasteiger partial charge is 0.322 e. The Labute approximate surface area is 230 Å². The highest BCUT2D eigenvalue weighted by molar-refractivity contribution is 7.82. The van der Waals surface area contributed by atoms with Crippen molar-refractivity contribution in [3.8, 4) is 0 Å². The van der Waals surface area contributed by atoms with Crippen molar-refractivity contribution in [3.63, 3.8) is 0 Å². The maximum Gasteiger partial charge on any atom is 0.336 e. The Balaban J connectivity index is 1.40. The summed E-state index contributed by atoms with van der Waals surface area (Å²) in [5, 5.41) is 9.25. The average molecular weight is 556 g/mol. The molecule has 0 spiro atoms. The first-order chi connectivity index (χ1) is 18.2. The van der Waals surface area contributed by atoms with E-state index in [2.05, 4.69) is 23.4 Å². The Morgan fingerprint density at radius 3 is 2.21 bits per heavy atom. The van der Waals surface area contributed by atoms with Gasteiger partial charge in [0.1, 0.15) is 5.82 Å². The second-order valence-corrected chi connectivity index (χ2v) is 9.54. The first kappa shape index (κ1) is 27.4. The van der Waals surface area contributed by atoms with Crippen molar-refractivity contribution >= 4 is 65.0 Å². The van der Waals surface area contributed by atoms with Gasteiger partial charge < -0.3 is 10.6 Å². The lowest BCUT2D eigenvalue weighted by molar-refractivity contribution is -0.119. The van der Waals surface area contributed by atoms with Crippen LogP contribution in [0, 0.1) is 5.82 Å². The normalized spacial score (nSPS) is 13.5. The number of benzene rings is 3. The summed E-state index contributed by atoms with van der Waals surface area (Å²) in [6.45, 7) is 3.04. The van der Waals surface area contributed by atoms with E-state index in [1.54, 1.807) is 53.5 Å². The SMILES string of the molecule is CC(=O)N(c1ccc(NC(=O)N(S)c2ccc(NC(=O)c3ccccc3F)cc2)cc1Cl)N1CCCCC1. The van der Waals surface area contributed by atoms with Crippen molar-refractivity contribution in [2.45, 2.75) is 26.2 Å². The lowest BCUT2D eigenvalue weighted by Gasteiger charge is -2.37. The van der Waals surface area contributed by atoms with Gasteiger partial charge in [-0.1, -0.05) is 43.0 Å². The minimum Gasteiger partial charge on any atom is -0.322 e. The summed E-state index contributed by atoms with van der Waals surface area (Å²) in [7, 11) is 0. The summed E-state index contributed by atoms with van der Waals surface area (Å²) in [5.74, 6) is -1.34. The molecule has 0 bridgehead atoms. The first-order valence-corrected chi connectivity index (χ1v) is 12.8. The number of urea groups is 1. The number of piperidine rings is 1. The van der Waals surface area contributed by atoms with Crippen molar-refractivity contribution in [2.75, 3.05) is 33.0 Å². The molecule has 1 heterocycles. The molecule has 11 heteroatoms. The van der Waals surface area contributed by atoms with E-state index in [0.717, 1.165) is 36.7 Å². The van der Waals surface area contributed by atoms with Crippen molar-refractivity contribution in [3.05, 3.63) is 83.1 Å². The van der Waals surface area contributed by atoms with Crippen molar-refractivity contribution < 1.29 is 18.8 Å². The van der Waals surface area contributed by atoms with Gasteiger partial charge in [-0.05, 0) is 67.4 Å². The Hall–Kier alpha value is -3.60. The van der Waals surface area contributed by atoms with Gasteiger partial charge in [0.2, 0.25) is 5.91 Å². The highest BCUT2D eigenvalue weighted by atomic mass is 35.5. The molecular weight excluding hydrogens is 529 g/mol. The van der Waals surface area contributed by atoms with Crippen molar-refractivity contribution in [1.29, 1.82) is 0 Å². The van der Waals surface area contributed by atoms with Crippen LogP contribution in [0.25, 0.3) is 0 Å². The molecule has 1 fully saturated rings. The average Bonchev–Trinajstić information content (AvgIpc) is 2.90. The van der Waals surface area contributed by atoms with Crippen LogP contribution >= 0.6 is 24.4 Å². The van der Waals surface area contributed by atoms with Gasteiger partial charge in [-0.2, -0.15) is 0 Å². The van der Waals surface area contributed by atoms with Crippen molar-refractivity contribution in [2.24, 2.45) is 0 Å². The van der Waals surface area contributed by atoms with Crippen LogP contribution in [-0.2, 0) is 4.79 Å². The van der Waals surface area contributed by atoms with E-state index < -0.39 is 17.8 Å². The lowest BCUT2D eigenvalue weighted by atomic mass is 10.1. The van der Waals surface area contributed by atoms with Gasteiger partial charge in [0.25, 0.3) is 5.91 Å². The lowest BCUT2D eigenvalue weighted by Crippen LogP contribution is -2.48. The molecule has 1 aliphatic rings. The molecule has 0 aromatic heterocycles. The number of rotatable bonds is 6. The van der Waals surface area contributed by atoms with E-state index in [1.165, 1.54) is 25.1 Å². The highest BCUT2D eigenvalue weighted by Crippen LogP contribution is 2.32. The standard InChI is InChI=1S/C27H27ClFN5O3S/c1-18(35)33(32-15-5-2-6-16-32)25-14-11-20(17-23(25)28)31-27(37)34(38)21-12-9-19(10-13-21)30-26(36)22-7-3-4-8-24(22)29/h3-4,7-14,17,38H,2,5-6,15-16H2,1H3,(H,30,36)(H,31,37). The van der Waals surface area contributed by atoms with Crippen LogP contribution in [0.4, 0.5) is 31.9 Å². The third-order valence-electron chi connectivity index (χ3n) is 6.02. The summed E-state index contributed by atoms with van der Waals surface area (Å²) in [6.07, 6.45) is 3.14. The molecular formula is C27H27ClFN5O3S. The number of nitrogens with one attached hydrogen (secondary N) is 2. The Bertz CT molecular complexity index is 1330. The molecule has 0 radical (unpaired) electrons. The molecule has 198 valence electrons. The van der Waals surface area contributed by atoms with Gasteiger partial charge in [-0.15, -0.1) is 0 Å². The van der Waals surface area contributed by atoms with Crippen LogP contribution in [0.2, 0.25) is 5.02 Å². The van der Waals surface area contributed by atoms with Crippen LogP contribution < -0.4 is 19.9 Å². The minimum atomic E-state index is -0.617. The number of halogens is 2. The number of carbonyl (C=O) groups excluding carboxylic acids is 3. The largest absolute Gasteiger partial charge is 0.336 e. The summed E-state index contributed by atoms with van der Waals surface area (Å²) >= 11 is 10.8. The molecule has 4 rings (SSSR count). The molecule has 2 N–H and O–H groups in total. The van der Waals surface area contributed by atoms with E-state index in [0.29, 0.717) is 27.8 Å². The third-order valence-corrected chi connectivity index (χ3v) is 6.74. The summed E-state index contributed by atoms with van der Waals surface area (Å²) in [4.78, 5) is 37.5. The molecule has 38 heavy (non-hydrogen) atoms. The van der Waals surface area contributed by atoms with Gasteiger partial charge in [-0.3, -0.25) is 9.59 Å². The maximum absolute atomic E-state index is 13.8. The van der Waals surface area contributed by atoms with E-state index >= 15 is 0 Å². The second-order valence-electron chi connectivity index (χ2n) is 8.73. The number of hydrazine groups is 1. The fraction of sp³-hybridized carbons (Fsp3) is 0.222. The number of hydrogen-bond acceptors (Lipinski definition) is 5. The second kappa shape index (κ2) is 12.3. The van der Waals surface area contributed by atoms with Gasteiger partial charge in [0.05, 0.1) is 22.0 Å². The quantitative estimate of drug-likeness (QED) is 0.309. The van der Waals surface area contributed by atoms with Gasteiger partial charge in [0.15, 0.2) is 0 Å². The van der Waals surface area contributed by atoms with E-state index in [9.17, 15) is 18.8 Å². The Morgan fingerprint density at radius 2 is 1.58 bits per heavy atom. The Morgan fingerprint density at radius 1 is 0.921 bits per heavy atom. The van der Waals surface area contributed by atoms with Gasteiger partial charge >= 0.3 is 6.03 Å².